The molecule has 2 heterocycles. The van der Waals surface area contributed by atoms with Gasteiger partial charge in [-0.1, -0.05) is 6.07 Å². The second-order valence-corrected chi connectivity index (χ2v) is 4.59. The highest BCUT2D eigenvalue weighted by atomic mass is 32.1. The first kappa shape index (κ1) is 7.83. The molecular weight excluding hydrogens is 186 g/mol. The maximum atomic E-state index is 5.77. The number of hydrogen-bond donors (Lipinski definition) is 1. The van der Waals surface area contributed by atoms with Gasteiger partial charge in [-0.3, -0.25) is 0 Å². The molecule has 2 rings (SSSR count). The highest BCUT2D eigenvalue weighted by Crippen LogP contribution is 2.24. The quantitative estimate of drug-likeness (QED) is 0.783. The van der Waals surface area contributed by atoms with E-state index in [1.807, 2.05) is 11.4 Å². The fourth-order valence-corrected chi connectivity index (χ4v) is 2.70. The second-order valence-electron chi connectivity index (χ2n) is 2.56. The van der Waals surface area contributed by atoms with E-state index in [0.29, 0.717) is 0 Å². The van der Waals surface area contributed by atoms with Crippen molar-refractivity contribution in [2.75, 3.05) is 5.73 Å². The van der Waals surface area contributed by atoms with E-state index in [4.69, 9.17) is 5.73 Å². The standard InChI is InChI=1S/C9H9NS2/c10-8-3-5-12-9(8)6-7-2-1-4-11-7/h1-5H,6,10H2. The third-order valence-electron chi connectivity index (χ3n) is 1.69. The molecule has 0 radical (unpaired) electrons. The smallest absolute Gasteiger partial charge is 0.0459 e. The van der Waals surface area contributed by atoms with Crippen LogP contribution < -0.4 is 5.73 Å². The molecular formula is C9H9NS2. The summed E-state index contributed by atoms with van der Waals surface area (Å²) in [4.78, 5) is 2.65. The lowest BCUT2D eigenvalue weighted by atomic mass is 10.3. The van der Waals surface area contributed by atoms with E-state index in [1.165, 1.54) is 9.75 Å². The van der Waals surface area contributed by atoms with Crippen LogP contribution in [0.2, 0.25) is 0 Å². The Hall–Kier alpha value is -0.800. The third-order valence-corrected chi connectivity index (χ3v) is 3.51. The molecule has 0 aliphatic heterocycles. The molecule has 0 aliphatic rings. The average Bonchev–Trinajstić information content (AvgIpc) is 2.65. The predicted molar refractivity (Wildman–Crippen MR) is 55.9 cm³/mol. The Morgan fingerprint density at radius 1 is 1.17 bits per heavy atom. The molecule has 0 atom stereocenters. The highest BCUT2D eigenvalue weighted by Gasteiger charge is 2.01. The summed E-state index contributed by atoms with van der Waals surface area (Å²) >= 11 is 3.51. The van der Waals surface area contributed by atoms with Crippen molar-refractivity contribution in [1.82, 2.24) is 0 Å². The van der Waals surface area contributed by atoms with Crippen LogP contribution in [0.25, 0.3) is 0 Å². The van der Waals surface area contributed by atoms with E-state index in [1.54, 1.807) is 22.7 Å². The summed E-state index contributed by atoms with van der Waals surface area (Å²) in [5.41, 5.74) is 6.70. The Labute approximate surface area is 79.5 Å². The zero-order chi connectivity index (χ0) is 8.39. The SMILES string of the molecule is Nc1ccsc1Cc1cccs1. The second kappa shape index (κ2) is 3.29. The zero-order valence-electron chi connectivity index (χ0n) is 6.49. The summed E-state index contributed by atoms with van der Waals surface area (Å²) < 4.78 is 0. The minimum atomic E-state index is 0.924. The largest absolute Gasteiger partial charge is 0.398 e. The molecule has 2 aromatic heterocycles. The van der Waals surface area contributed by atoms with Crippen LogP contribution in [0.5, 0.6) is 0 Å². The Kier molecular flexibility index (Phi) is 2.15. The molecule has 2 N–H and O–H groups in total. The van der Waals surface area contributed by atoms with Gasteiger partial charge in [0.1, 0.15) is 0 Å². The van der Waals surface area contributed by atoms with E-state index < -0.39 is 0 Å². The van der Waals surface area contributed by atoms with Crippen LogP contribution in [-0.2, 0) is 6.42 Å². The summed E-state index contributed by atoms with van der Waals surface area (Å²) in [6.07, 6.45) is 0.987. The zero-order valence-corrected chi connectivity index (χ0v) is 8.12. The van der Waals surface area contributed by atoms with Crippen molar-refractivity contribution in [3.8, 4) is 0 Å². The molecule has 0 saturated carbocycles. The van der Waals surface area contributed by atoms with E-state index in [-0.39, 0.29) is 0 Å². The van der Waals surface area contributed by atoms with Gasteiger partial charge in [-0.25, -0.2) is 0 Å². The number of hydrogen-bond acceptors (Lipinski definition) is 3. The summed E-state index contributed by atoms with van der Waals surface area (Å²) in [5.74, 6) is 0. The van der Waals surface area contributed by atoms with Gasteiger partial charge in [0.25, 0.3) is 0 Å². The maximum absolute atomic E-state index is 5.77. The number of nitrogen functional groups attached to an aromatic ring is 1. The lowest BCUT2D eigenvalue weighted by molar-refractivity contribution is 1.31. The number of anilines is 1. The van der Waals surface area contributed by atoms with Gasteiger partial charge in [0, 0.05) is 21.9 Å². The first-order chi connectivity index (χ1) is 5.86. The summed E-state index contributed by atoms with van der Waals surface area (Å²) in [6.45, 7) is 0. The molecule has 1 nitrogen and oxygen atoms in total. The fourth-order valence-electron chi connectivity index (χ4n) is 1.07. The monoisotopic (exact) mass is 195 g/mol. The summed E-state index contributed by atoms with van der Waals surface area (Å²) in [5, 5.41) is 4.14. The molecule has 0 aromatic carbocycles. The molecule has 0 amide bonds. The molecule has 0 saturated heterocycles. The normalized spacial score (nSPS) is 10.3. The van der Waals surface area contributed by atoms with Crippen LogP contribution in [0.3, 0.4) is 0 Å². The topological polar surface area (TPSA) is 26.0 Å². The predicted octanol–water partition coefficient (Wildman–Crippen LogP) is 2.98. The van der Waals surface area contributed by atoms with Gasteiger partial charge in [-0.2, -0.15) is 0 Å². The molecule has 0 aliphatic carbocycles. The van der Waals surface area contributed by atoms with Crippen LogP contribution >= 0.6 is 22.7 Å². The lowest BCUT2D eigenvalue weighted by Gasteiger charge is -1.94. The van der Waals surface area contributed by atoms with Gasteiger partial charge in [0.2, 0.25) is 0 Å². The molecule has 0 unspecified atom stereocenters. The Morgan fingerprint density at radius 3 is 2.67 bits per heavy atom. The fraction of sp³-hybridized carbons (Fsp3) is 0.111. The lowest BCUT2D eigenvalue weighted by Crippen LogP contribution is -1.87. The number of thiophene rings is 2. The van der Waals surface area contributed by atoms with Gasteiger partial charge >= 0.3 is 0 Å². The van der Waals surface area contributed by atoms with Crippen LogP contribution in [-0.4, -0.2) is 0 Å². The molecule has 62 valence electrons. The van der Waals surface area contributed by atoms with E-state index >= 15 is 0 Å². The van der Waals surface area contributed by atoms with Gasteiger partial charge in [-0.05, 0) is 22.9 Å². The Morgan fingerprint density at radius 2 is 2.08 bits per heavy atom. The molecule has 0 bridgehead atoms. The van der Waals surface area contributed by atoms with Crippen molar-refractivity contribution in [1.29, 1.82) is 0 Å². The summed E-state index contributed by atoms with van der Waals surface area (Å²) in [7, 11) is 0. The van der Waals surface area contributed by atoms with Crippen molar-refractivity contribution in [2.24, 2.45) is 0 Å². The van der Waals surface area contributed by atoms with Crippen LogP contribution in [0.15, 0.2) is 29.0 Å². The van der Waals surface area contributed by atoms with E-state index in [0.717, 1.165) is 12.1 Å². The van der Waals surface area contributed by atoms with E-state index in [2.05, 4.69) is 17.5 Å². The Bertz CT molecular complexity index is 348. The van der Waals surface area contributed by atoms with Gasteiger partial charge in [-0.15, -0.1) is 22.7 Å². The van der Waals surface area contributed by atoms with Crippen molar-refractivity contribution < 1.29 is 0 Å². The number of rotatable bonds is 2. The van der Waals surface area contributed by atoms with Gasteiger partial charge in [0.15, 0.2) is 0 Å². The minimum Gasteiger partial charge on any atom is -0.398 e. The number of nitrogens with two attached hydrogens (primary N) is 1. The summed E-state index contributed by atoms with van der Waals surface area (Å²) in [6, 6.07) is 6.18. The van der Waals surface area contributed by atoms with Gasteiger partial charge < -0.3 is 5.73 Å². The molecule has 3 heteroatoms. The van der Waals surface area contributed by atoms with Crippen molar-refractivity contribution in [3.63, 3.8) is 0 Å². The average molecular weight is 195 g/mol. The van der Waals surface area contributed by atoms with Crippen molar-refractivity contribution in [2.45, 2.75) is 6.42 Å². The van der Waals surface area contributed by atoms with Crippen molar-refractivity contribution >= 4 is 28.4 Å². The third kappa shape index (κ3) is 1.52. The Balaban J connectivity index is 2.20. The molecule has 12 heavy (non-hydrogen) atoms. The first-order valence-corrected chi connectivity index (χ1v) is 5.46. The molecule has 0 spiro atoms. The van der Waals surface area contributed by atoms with Crippen LogP contribution in [0.1, 0.15) is 9.75 Å². The molecule has 2 aromatic rings. The maximum Gasteiger partial charge on any atom is 0.0459 e. The van der Waals surface area contributed by atoms with Crippen LogP contribution in [0, 0.1) is 0 Å². The van der Waals surface area contributed by atoms with Crippen LogP contribution in [0.4, 0.5) is 5.69 Å². The van der Waals surface area contributed by atoms with Crippen molar-refractivity contribution in [3.05, 3.63) is 38.7 Å². The first-order valence-electron chi connectivity index (χ1n) is 3.70. The minimum absolute atomic E-state index is 0.924. The highest BCUT2D eigenvalue weighted by molar-refractivity contribution is 7.11. The van der Waals surface area contributed by atoms with E-state index in [9.17, 15) is 0 Å². The van der Waals surface area contributed by atoms with Gasteiger partial charge in [0.05, 0.1) is 0 Å². The molecule has 0 fully saturated rings.